The van der Waals surface area contributed by atoms with Gasteiger partial charge in [-0.3, -0.25) is 0 Å². The third-order valence-electron chi connectivity index (χ3n) is 4.64. The summed E-state index contributed by atoms with van der Waals surface area (Å²) in [5.74, 6) is -0.775. The molecule has 0 radical (unpaired) electrons. The molecule has 0 amide bonds. The predicted molar refractivity (Wildman–Crippen MR) is 99.3 cm³/mol. The molecule has 0 saturated heterocycles. The monoisotopic (exact) mass is 328 g/mol. The molecule has 0 aliphatic carbocycles. The molecule has 25 heavy (non-hydrogen) atoms. The van der Waals surface area contributed by atoms with Gasteiger partial charge >= 0.3 is 5.97 Å². The zero-order valence-corrected chi connectivity index (χ0v) is 13.4. The van der Waals surface area contributed by atoms with E-state index in [1.54, 1.807) is 12.1 Å². The molecule has 0 saturated carbocycles. The number of carboxylic acids is 1. The summed E-state index contributed by atoms with van der Waals surface area (Å²) in [6.45, 7) is 0. The van der Waals surface area contributed by atoms with Crippen LogP contribution in [0, 0.1) is 0 Å². The van der Waals surface area contributed by atoms with Crippen molar-refractivity contribution < 1.29 is 15.0 Å². The lowest BCUT2D eigenvalue weighted by Gasteiger charge is -2.14. The topological polar surface area (TPSA) is 57.5 Å². The Morgan fingerprint density at radius 1 is 0.720 bits per heavy atom. The fourth-order valence-corrected chi connectivity index (χ4v) is 3.41. The number of phenolic OH excluding ortho intramolecular Hbond substituents is 1. The first-order valence-electron chi connectivity index (χ1n) is 8.08. The molecule has 3 nitrogen and oxygen atoms in total. The lowest BCUT2D eigenvalue weighted by atomic mass is 9.91. The number of fused-ring (bicyclic) bond motifs is 2. The van der Waals surface area contributed by atoms with E-state index in [2.05, 4.69) is 0 Å². The molecule has 0 heterocycles. The first-order valence-corrected chi connectivity index (χ1v) is 8.08. The Hall–Kier alpha value is -3.33. The summed E-state index contributed by atoms with van der Waals surface area (Å²) in [6, 6.07) is 22.5. The lowest BCUT2D eigenvalue weighted by molar-refractivity contribution is 0.0696. The van der Waals surface area contributed by atoms with Crippen molar-refractivity contribution in [3.05, 3.63) is 89.5 Å². The Morgan fingerprint density at radius 3 is 1.92 bits per heavy atom. The average molecular weight is 328 g/mol. The molecule has 4 aromatic carbocycles. The highest BCUT2D eigenvalue weighted by Crippen LogP contribution is 2.32. The molecule has 0 spiro atoms. The number of hydrogen-bond donors (Lipinski definition) is 2. The van der Waals surface area contributed by atoms with Gasteiger partial charge in [-0.2, -0.15) is 0 Å². The molecule has 0 aromatic heterocycles. The van der Waals surface area contributed by atoms with Gasteiger partial charge in [0.1, 0.15) is 5.75 Å². The molecule has 0 aliphatic heterocycles. The fourth-order valence-electron chi connectivity index (χ4n) is 3.41. The smallest absolute Gasteiger partial charge is 0.335 e. The summed E-state index contributed by atoms with van der Waals surface area (Å²) in [7, 11) is 0. The van der Waals surface area contributed by atoms with E-state index in [0.29, 0.717) is 6.42 Å². The van der Waals surface area contributed by atoms with Crippen LogP contribution in [0.15, 0.2) is 72.8 Å². The summed E-state index contributed by atoms with van der Waals surface area (Å²) in [6.07, 6.45) is 0.357. The number of carbonyl (C=O) groups is 1. The van der Waals surface area contributed by atoms with E-state index in [1.807, 2.05) is 60.7 Å². The van der Waals surface area contributed by atoms with Crippen LogP contribution < -0.4 is 0 Å². The van der Waals surface area contributed by atoms with Crippen molar-refractivity contribution in [3.63, 3.8) is 0 Å². The second-order valence-electron chi connectivity index (χ2n) is 6.08. The van der Waals surface area contributed by atoms with Crippen LogP contribution in [0.2, 0.25) is 0 Å². The Labute approximate surface area is 144 Å². The van der Waals surface area contributed by atoms with Gasteiger partial charge in [0.05, 0.1) is 5.56 Å². The highest BCUT2D eigenvalue weighted by Gasteiger charge is 2.16. The Morgan fingerprint density at radius 2 is 1.28 bits per heavy atom. The van der Waals surface area contributed by atoms with Crippen LogP contribution in [0.25, 0.3) is 21.5 Å². The second-order valence-corrected chi connectivity index (χ2v) is 6.08. The molecule has 4 aromatic rings. The zero-order chi connectivity index (χ0) is 17.4. The Balaban J connectivity index is 1.99. The van der Waals surface area contributed by atoms with Crippen molar-refractivity contribution in [2.24, 2.45) is 0 Å². The highest BCUT2D eigenvalue weighted by molar-refractivity contribution is 5.99. The number of phenols is 1. The first kappa shape index (κ1) is 15.2. The summed E-state index contributed by atoms with van der Waals surface area (Å²) in [5.41, 5.74) is 1.74. The molecule has 0 bridgehead atoms. The largest absolute Gasteiger partial charge is 0.508 e. The van der Waals surface area contributed by atoms with Gasteiger partial charge in [-0.05, 0) is 39.2 Å². The van der Waals surface area contributed by atoms with Gasteiger partial charge in [-0.1, -0.05) is 60.7 Å². The van der Waals surface area contributed by atoms with Gasteiger partial charge < -0.3 is 10.2 Å². The standard InChI is InChI=1S/C22H16O3/c23-21-12-10-15-6-2-4-8-17(15)20(21)13-19-16-7-3-1-5-14(16)9-11-18(19)22(24)25/h1-12,23H,13H2,(H,24,25). The van der Waals surface area contributed by atoms with Crippen LogP contribution in [0.1, 0.15) is 21.5 Å². The van der Waals surface area contributed by atoms with Gasteiger partial charge in [0.2, 0.25) is 0 Å². The van der Waals surface area contributed by atoms with Crippen LogP contribution in [0.3, 0.4) is 0 Å². The Bertz CT molecular complexity index is 1110. The van der Waals surface area contributed by atoms with Gasteiger partial charge in [-0.25, -0.2) is 4.79 Å². The number of benzene rings is 4. The summed E-state index contributed by atoms with van der Waals surface area (Å²) in [4.78, 5) is 11.7. The minimum atomic E-state index is -0.958. The fraction of sp³-hybridized carbons (Fsp3) is 0.0455. The van der Waals surface area contributed by atoms with E-state index in [9.17, 15) is 15.0 Å². The molecule has 0 atom stereocenters. The normalized spacial score (nSPS) is 11.0. The van der Waals surface area contributed by atoms with E-state index in [-0.39, 0.29) is 11.3 Å². The lowest BCUT2D eigenvalue weighted by Crippen LogP contribution is -2.04. The van der Waals surface area contributed by atoms with Crippen molar-refractivity contribution in [1.82, 2.24) is 0 Å². The van der Waals surface area contributed by atoms with E-state index >= 15 is 0 Å². The first-order chi connectivity index (χ1) is 12.1. The molecule has 0 unspecified atom stereocenters. The Kier molecular flexibility index (Phi) is 3.62. The van der Waals surface area contributed by atoms with Crippen molar-refractivity contribution in [1.29, 1.82) is 0 Å². The van der Waals surface area contributed by atoms with Crippen molar-refractivity contribution in [3.8, 4) is 5.75 Å². The second kappa shape index (κ2) is 5.95. The average Bonchev–Trinajstić information content (AvgIpc) is 2.64. The van der Waals surface area contributed by atoms with E-state index in [1.165, 1.54) is 0 Å². The molecule has 122 valence electrons. The number of aromatic hydroxyl groups is 1. The number of carboxylic acid groups (broad SMARTS) is 1. The maximum Gasteiger partial charge on any atom is 0.335 e. The maximum atomic E-state index is 11.7. The van der Waals surface area contributed by atoms with Gasteiger partial charge in [0.25, 0.3) is 0 Å². The molecule has 2 N–H and O–H groups in total. The van der Waals surface area contributed by atoms with Crippen LogP contribution in [-0.2, 0) is 6.42 Å². The number of hydrogen-bond acceptors (Lipinski definition) is 2. The summed E-state index contributed by atoms with van der Waals surface area (Å²) >= 11 is 0. The van der Waals surface area contributed by atoms with Crippen molar-refractivity contribution in [2.45, 2.75) is 6.42 Å². The summed E-state index contributed by atoms with van der Waals surface area (Å²) < 4.78 is 0. The minimum Gasteiger partial charge on any atom is -0.508 e. The number of aromatic carboxylic acids is 1. The van der Waals surface area contributed by atoms with Crippen LogP contribution >= 0.6 is 0 Å². The minimum absolute atomic E-state index is 0.183. The third-order valence-corrected chi connectivity index (χ3v) is 4.64. The molecular formula is C22H16O3. The van der Waals surface area contributed by atoms with Crippen molar-refractivity contribution >= 4 is 27.5 Å². The van der Waals surface area contributed by atoms with Gasteiger partial charge in [-0.15, -0.1) is 0 Å². The quantitative estimate of drug-likeness (QED) is 0.557. The van der Waals surface area contributed by atoms with Crippen LogP contribution in [0.5, 0.6) is 5.75 Å². The molecular weight excluding hydrogens is 312 g/mol. The van der Waals surface area contributed by atoms with Gasteiger partial charge in [0.15, 0.2) is 0 Å². The molecule has 0 fully saturated rings. The van der Waals surface area contributed by atoms with Crippen LogP contribution in [-0.4, -0.2) is 16.2 Å². The van der Waals surface area contributed by atoms with Gasteiger partial charge in [0, 0.05) is 12.0 Å². The SMILES string of the molecule is O=C(O)c1ccc2ccccc2c1Cc1c(O)ccc2ccccc12. The zero-order valence-electron chi connectivity index (χ0n) is 13.4. The summed E-state index contributed by atoms with van der Waals surface area (Å²) in [5, 5.41) is 23.9. The third kappa shape index (κ3) is 2.60. The van der Waals surface area contributed by atoms with E-state index in [0.717, 1.165) is 32.7 Å². The number of rotatable bonds is 3. The van der Waals surface area contributed by atoms with Crippen LogP contribution in [0.4, 0.5) is 0 Å². The maximum absolute atomic E-state index is 11.7. The van der Waals surface area contributed by atoms with Crippen molar-refractivity contribution in [2.75, 3.05) is 0 Å². The highest BCUT2D eigenvalue weighted by atomic mass is 16.4. The van der Waals surface area contributed by atoms with E-state index < -0.39 is 5.97 Å². The molecule has 0 aliphatic rings. The van der Waals surface area contributed by atoms with E-state index in [4.69, 9.17) is 0 Å². The molecule has 4 rings (SSSR count). The molecule has 3 heteroatoms. The predicted octanol–water partition coefficient (Wildman–Crippen LogP) is 4.99.